The molecule has 152 valence electrons. The molecule has 0 saturated heterocycles. The Bertz CT molecular complexity index is 1220. The number of aromatic nitrogens is 5. The van der Waals surface area contributed by atoms with E-state index in [-0.39, 0.29) is 17.6 Å². The van der Waals surface area contributed by atoms with Crippen molar-refractivity contribution in [2.24, 2.45) is 0 Å². The zero-order chi connectivity index (χ0) is 20.5. The van der Waals surface area contributed by atoms with Crippen LogP contribution in [-0.4, -0.2) is 36.2 Å². The number of anilines is 2. The molecule has 2 atom stereocenters. The first-order valence-electron chi connectivity index (χ1n) is 9.83. The first kappa shape index (κ1) is 18.3. The quantitative estimate of drug-likeness (QED) is 0.531. The summed E-state index contributed by atoms with van der Waals surface area (Å²) in [5.41, 5.74) is 1.44. The van der Waals surface area contributed by atoms with E-state index in [4.69, 9.17) is 0 Å². The molecule has 0 aromatic carbocycles. The summed E-state index contributed by atoms with van der Waals surface area (Å²) in [7, 11) is 0. The van der Waals surface area contributed by atoms with Gasteiger partial charge in [0.2, 0.25) is 5.95 Å². The molecule has 1 aliphatic carbocycles. The van der Waals surface area contributed by atoms with E-state index >= 15 is 0 Å². The number of hydrogen-bond acceptors (Lipinski definition) is 6. The summed E-state index contributed by atoms with van der Waals surface area (Å²) < 4.78 is 16.6. The molecule has 0 bridgehead atoms. The average Bonchev–Trinajstić information content (AvgIpc) is 3.36. The van der Waals surface area contributed by atoms with Crippen LogP contribution in [0.2, 0.25) is 0 Å². The largest absolute Gasteiger partial charge is 0.378 e. The maximum atomic E-state index is 13.5. The topological polar surface area (TPSA) is 89.1 Å². The van der Waals surface area contributed by atoms with Crippen molar-refractivity contribution in [2.45, 2.75) is 31.3 Å². The second-order valence-electron chi connectivity index (χ2n) is 7.39. The molecule has 0 aliphatic heterocycles. The Morgan fingerprint density at radius 2 is 1.90 bits per heavy atom. The lowest BCUT2D eigenvalue weighted by Crippen LogP contribution is -2.27. The van der Waals surface area contributed by atoms with E-state index in [2.05, 4.69) is 25.7 Å². The predicted molar refractivity (Wildman–Crippen MR) is 111 cm³/mol. The van der Waals surface area contributed by atoms with Gasteiger partial charge in [-0.15, -0.1) is 5.10 Å². The van der Waals surface area contributed by atoms with Crippen LogP contribution in [-0.2, 0) is 0 Å². The van der Waals surface area contributed by atoms with Gasteiger partial charge in [0, 0.05) is 30.5 Å². The Hall–Kier alpha value is -3.75. The van der Waals surface area contributed by atoms with Crippen molar-refractivity contribution < 1.29 is 4.39 Å². The maximum absolute atomic E-state index is 13.5. The van der Waals surface area contributed by atoms with Gasteiger partial charge >= 0.3 is 0 Å². The highest BCUT2D eigenvalue weighted by atomic mass is 19.1. The molecule has 0 radical (unpaired) electrons. The third kappa shape index (κ3) is 3.61. The Morgan fingerprint density at radius 3 is 2.73 bits per heavy atom. The van der Waals surface area contributed by atoms with Gasteiger partial charge in [0.15, 0.2) is 5.65 Å². The molecular formula is C21H20FN7O. The van der Waals surface area contributed by atoms with Crippen LogP contribution < -0.4 is 16.2 Å². The van der Waals surface area contributed by atoms with Crippen molar-refractivity contribution in [3.63, 3.8) is 0 Å². The third-order valence-electron chi connectivity index (χ3n) is 5.28. The number of rotatable bonds is 5. The summed E-state index contributed by atoms with van der Waals surface area (Å²) in [6.07, 6.45) is 8.75. The second-order valence-corrected chi connectivity index (χ2v) is 7.39. The van der Waals surface area contributed by atoms with E-state index in [9.17, 15) is 9.18 Å². The van der Waals surface area contributed by atoms with Gasteiger partial charge in [0.25, 0.3) is 5.56 Å². The van der Waals surface area contributed by atoms with E-state index in [1.165, 1.54) is 16.8 Å². The fraction of sp³-hybridized carbons (Fsp3) is 0.238. The SMILES string of the molecule is O=c1c(N[C@H]2CC[C@H](Nc3nc4ccccn4n3)C2)cccn1-c1cncc(F)c1. The number of halogens is 1. The fourth-order valence-electron chi connectivity index (χ4n) is 3.88. The van der Waals surface area contributed by atoms with E-state index in [1.807, 2.05) is 24.4 Å². The van der Waals surface area contributed by atoms with Crippen LogP contribution in [0.15, 0.2) is 66.0 Å². The van der Waals surface area contributed by atoms with E-state index < -0.39 is 5.82 Å². The maximum Gasteiger partial charge on any atom is 0.278 e. The normalized spacial score (nSPS) is 18.6. The highest BCUT2D eigenvalue weighted by molar-refractivity contribution is 5.46. The van der Waals surface area contributed by atoms with Gasteiger partial charge in [-0.2, -0.15) is 4.98 Å². The molecule has 1 saturated carbocycles. The van der Waals surface area contributed by atoms with Crippen LogP contribution in [0.4, 0.5) is 16.0 Å². The first-order chi connectivity index (χ1) is 14.7. The lowest BCUT2D eigenvalue weighted by Gasteiger charge is -2.16. The smallest absolute Gasteiger partial charge is 0.278 e. The van der Waals surface area contributed by atoms with Crippen LogP contribution in [0.1, 0.15) is 19.3 Å². The van der Waals surface area contributed by atoms with E-state index in [0.29, 0.717) is 17.3 Å². The summed E-state index contributed by atoms with van der Waals surface area (Å²) in [6.45, 7) is 0. The van der Waals surface area contributed by atoms with Crippen LogP contribution >= 0.6 is 0 Å². The van der Waals surface area contributed by atoms with Gasteiger partial charge in [0.1, 0.15) is 11.5 Å². The Balaban J connectivity index is 1.28. The molecule has 0 amide bonds. The van der Waals surface area contributed by atoms with E-state index in [0.717, 1.165) is 31.1 Å². The predicted octanol–water partition coefficient (Wildman–Crippen LogP) is 2.86. The zero-order valence-corrected chi connectivity index (χ0v) is 16.1. The second kappa shape index (κ2) is 7.58. The number of fused-ring (bicyclic) bond motifs is 1. The average molecular weight is 405 g/mol. The molecule has 1 aliphatic rings. The molecule has 9 heteroatoms. The molecular weight excluding hydrogens is 385 g/mol. The zero-order valence-electron chi connectivity index (χ0n) is 16.1. The molecule has 5 rings (SSSR count). The molecule has 4 aromatic rings. The van der Waals surface area contributed by atoms with Crippen molar-refractivity contribution in [3.05, 3.63) is 77.4 Å². The van der Waals surface area contributed by atoms with Gasteiger partial charge in [-0.3, -0.25) is 14.3 Å². The van der Waals surface area contributed by atoms with Crippen LogP contribution in [0.25, 0.3) is 11.3 Å². The van der Waals surface area contributed by atoms with Crippen molar-refractivity contribution >= 4 is 17.3 Å². The highest BCUT2D eigenvalue weighted by Gasteiger charge is 2.26. The fourth-order valence-corrected chi connectivity index (χ4v) is 3.88. The molecule has 30 heavy (non-hydrogen) atoms. The lowest BCUT2D eigenvalue weighted by atomic mass is 10.2. The van der Waals surface area contributed by atoms with Crippen LogP contribution in [0, 0.1) is 5.82 Å². The highest BCUT2D eigenvalue weighted by Crippen LogP contribution is 2.24. The standard InChI is InChI=1S/C21H20FN7O/c22-14-10-17(13-23-12-14)28-8-3-4-18(20(28)30)24-15-6-7-16(11-15)25-21-26-19-5-1-2-9-29(19)27-21/h1-5,8-10,12-13,15-16,24H,6-7,11H2,(H,25,27)/t15-,16-/m0/s1. The number of nitrogens with zero attached hydrogens (tertiary/aromatic N) is 5. The summed E-state index contributed by atoms with van der Waals surface area (Å²) in [5, 5.41) is 11.2. The first-order valence-corrected chi connectivity index (χ1v) is 9.83. The number of pyridine rings is 3. The van der Waals surface area contributed by atoms with Crippen molar-refractivity contribution in [3.8, 4) is 5.69 Å². The van der Waals surface area contributed by atoms with Gasteiger partial charge in [-0.05, 0) is 43.5 Å². The van der Waals surface area contributed by atoms with Crippen molar-refractivity contribution in [1.82, 2.24) is 24.1 Å². The minimum absolute atomic E-state index is 0.147. The molecule has 4 aromatic heterocycles. The summed E-state index contributed by atoms with van der Waals surface area (Å²) in [4.78, 5) is 21.2. The molecule has 4 heterocycles. The summed E-state index contributed by atoms with van der Waals surface area (Å²) >= 11 is 0. The number of hydrogen-bond donors (Lipinski definition) is 2. The molecule has 0 unspecified atom stereocenters. The molecule has 1 fully saturated rings. The van der Waals surface area contributed by atoms with E-state index in [1.54, 1.807) is 22.8 Å². The summed E-state index contributed by atoms with van der Waals surface area (Å²) in [5.74, 6) is 0.121. The van der Waals surface area contributed by atoms with Crippen LogP contribution in [0.3, 0.4) is 0 Å². The Labute approximate surface area is 171 Å². The third-order valence-corrected chi connectivity index (χ3v) is 5.28. The lowest BCUT2D eigenvalue weighted by molar-refractivity contribution is 0.619. The minimum Gasteiger partial charge on any atom is -0.378 e. The van der Waals surface area contributed by atoms with Gasteiger partial charge in [0.05, 0.1) is 18.1 Å². The Kier molecular flexibility index (Phi) is 4.62. The number of nitrogens with one attached hydrogen (secondary N) is 2. The van der Waals surface area contributed by atoms with Gasteiger partial charge < -0.3 is 10.6 Å². The summed E-state index contributed by atoms with van der Waals surface area (Å²) in [6, 6.07) is 10.9. The monoisotopic (exact) mass is 405 g/mol. The van der Waals surface area contributed by atoms with Crippen LogP contribution in [0.5, 0.6) is 0 Å². The molecule has 8 nitrogen and oxygen atoms in total. The van der Waals surface area contributed by atoms with Gasteiger partial charge in [-0.1, -0.05) is 6.07 Å². The molecule has 2 N–H and O–H groups in total. The van der Waals surface area contributed by atoms with Crippen molar-refractivity contribution in [2.75, 3.05) is 10.6 Å². The van der Waals surface area contributed by atoms with Gasteiger partial charge in [-0.25, -0.2) is 8.91 Å². The van der Waals surface area contributed by atoms with Crippen molar-refractivity contribution in [1.29, 1.82) is 0 Å². The Morgan fingerprint density at radius 1 is 1.03 bits per heavy atom. The minimum atomic E-state index is -0.483. The molecule has 0 spiro atoms.